The minimum absolute atomic E-state index is 0.185. The number of amides is 4. The topological polar surface area (TPSA) is 111 Å². The molecule has 0 spiro atoms. The van der Waals surface area contributed by atoms with Crippen LogP contribution in [0.25, 0.3) is 6.08 Å². The molecule has 3 aromatic rings. The molecular weight excluding hydrogens is 488 g/mol. The van der Waals surface area contributed by atoms with Gasteiger partial charge in [0.1, 0.15) is 23.7 Å². The maximum Gasteiger partial charge on any atom is 0.338 e. The third-order valence-corrected chi connectivity index (χ3v) is 5.74. The Bertz CT molecular complexity index is 1430. The predicted molar refractivity (Wildman–Crippen MR) is 140 cm³/mol. The van der Waals surface area contributed by atoms with Crippen molar-refractivity contribution in [3.63, 3.8) is 0 Å². The van der Waals surface area contributed by atoms with E-state index in [0.717, 1.165) is 16.0 Å². The highest BCUT2D eigenvalue weighted by Gasteiger charge is 2.37. The number of nitrogens with one attached hydrogen (secondary N) is 1. The van der Waals surface area contributed by atoms with Gasteiger partial charge in [-0.1, -0.05) is 29.8 Å². The summed E-state index contributed by atoms with van der Waals surface area (Å²) in [5, 5.41) is 2.19. The van der Waals surface area contributed by atoms with Gasteiger partial charge in [-0.25, -0.2) is 14.5 Å². The summed E-state index contributed by atoms with van der Waals surface area (Å²) in [7, 11) is 1.52. The first-order valence-corrected chi connectivity index (χ1v) is 11.9. The van der Waals surface area contributed by atoms with Crippen molar-refractivity contribution in [3.05, 3.63) is 94.6 Å². The molecular formula is C29H26N2O7. The summed E-state index contributed by atoms with van der Waals surface area (Å²) in [6, 6.07) is 17.7. The molecule has 1 fully saturated rings. The van der Waals surface area contributed by atoms with Gasteiger partial charge in [0.05, 0.1) is 25.0 Å². The summed E-state index contributed by atoms with van der Waals surface area (Å²) in [6.45, 7) is 4.14. The number of methoxy groups -OCH3 is 1. The van der Waals surface area contributed by atoms with Gasteiger partial charge < -0.3 is 14.2 Å². The maximum absolute atomic E-state index is 13.3. The van der Waals surface area contributed by atoms with E-state index in [0.29, 0.717) is 17.1 Å². The van der Waals surface area contributed by atoms with Crippen LogP contribution in [0, 0.1) is 6.92 Å². The summed E-state index contributed by atoms with van der Waals surface area (Å²) >= 11 is 0. The standard InChI is InChI=1S/C29H26N2O7/c1-4-37-28(34)20-8-11-22(12-9-20)31-27(33)24(26(32)30-29(31)35)15-21-10-13-23(36-3)16-25(21)38-17-19-7-5-6-18(2)14-19/h5-16H,4,17H2,1-3H3,(H,30,32,35)/b24-15+. The number of rotatable bonds is 8. The number of esters is 1. The van der Waals surface area contributed by atoms with Crippen molar-refractivity contribution in [1.29, 1.82) is 0 Å². The van der Waals surface area contributed by atoms with Gasteiger partial charge in [0.15, 0.2) is 0 Å². The van der Waals surface area contributed by atoms with Crippen LogP contribution in [0.4, 0.5) is 10.5 Å². The SMILES string of the molecule is CCOC(=O)c1ccc(N2C(=O)NC(=O)/C(=C\c3ccc(OC)cc3OCc3cccc(C)c3)C2=O)cc1. The quantitative estimate of drug-likeness (QED) is 0.269. The molecule has 0 aromatic heterocycles. The maximum atomic E-state index is 13.3. The van der Waals surface area contributed by atoms with Crippen molar-refractivity contribution in [2.45, 2.75) is 20.5 Å². The zero-order valence-electron chi connectivity index (χ0n) is 21.1. The van der Waals surface area contributed by atoms with Crippen molar-refractivity contribution >= 4 is 35.6 Å². The van der Waals surface area contributed by atoms with E-state index < -0.39 is 23.8 Å². The Morgan fingerprint density at radius 2 is 1.76 bits per heavy atom. The lowest BCUT2D eigenvalue weighted by Crippen LogP contribution is -2.54. The Balaban J connectivity index is 1.64. The number of barbiturate groups is 1. The number of aryl methyl sites for hydroxylation is 1. The number of imide groups is 2. The number of anilines is 1. The molecule has 9 heteroatoms. The summed E-state index contributed by atoms with van der Waals surface area (Å²) in [5.74, 6) is -1.25. The predicted octanol–water partition coefficient (Wildman–Crippen LogP) is 4.43. The number of carbonyl (C=O) groups excluding carboxylic acids is 4. The van der Waals surface area contributed by atoms with Crippen LogP contribution < -0.4 is 19.7 Å². The van der Waals surface area contributed by atoms with Crippen molar-refractivity contribution in [3.8, 4) is 11.5 Å². The highest BCUT2D eigenvalue weighted by atomic mass is 16.5. The number of hydrogen-bond acceptors (Lipinski definition) is 7. The average molecular weight is 515 g/mol. The number of benzene rings is 3. The van der Waals surface area contributed by atoms with Crippen LogP contribution in [0.5, 0.6) is 11.5 Å². The van der Waals surface area contributed by atoms with E-state index in [2.05, 4.69) is 5.32 Å². The largest absolute Gasteiger partial charge is 0.497 e. The van der Waals surface area contributed by atoms with Gasteiger partial charge >= 0.3 is 12.0 Å². The number of urea groups is 1. The number of hydrogen-bond donors (Lipinski definition) is 1. The summed E-state index contributed by atoms with van der Waals surface area (Å²) < 4.78 is 16.3. The Morgan fingerprint density at radius 1 is 1.00 bits per heavy atom. The van der Waals surface area contributed by atoms with Crippen molar-refractivity contribution in [2.75, 3.05) is 18.6 Å². The minimum Gasteiger partial charge on any atom is -0.497 e. The monoisotopic (exact) mass is 514 g/mol. The molecule has 0 radical (unpaired) electrons. The van der Waals surface area contributed by atoms with Crippen LogP contribution >= 0.6 is 0 Å². The van der Waals surface area contributed by atoms with Crippen LogP contribution in [0.3, 0.4) is 0 Å². The Kier molecular flexibility index (Phi) is 7.86. The molecule has 0 bridgehead atoms. The first-order chi connectivity index (χ1) is 18.3. The van der Waals surface area contributed by atoms with E-state index >= 15 is 0 Å². The molecule has 1 saturated heterocycles. The van der Waals surface area contributed by atoms with Gasteiger partial charge in [-0.3, -0.25) is 14.9 Å². The van der Waals surface area contributed by atoms with E-state index in [1.165, 1.54) is 37.5 Å². The molecule has 1 N–H and O–H groups in total. The van der Waals surface area contributed by atoms with Gasteiger partial charge in [0.2, 0.25) is 0 Å². The second kappa shape index (κ2) is 11.4. The summed E-state index contributed by atoms with van der Waals surface area (Å²) in [5.41, 5.74) is 2.67. The second-order valence-electron chi connectivity index (χ2n) is 8.41. The Labute approximate surface area is 219 Å². The molecule has 0 atom stereocenters. The number of carbonyl (C=O) groups is 4. The fraction of sp³-hybridized carbons (Fsp3) is 0.172. The van der Waals surface area contributed by atoms with E-state index in [-0.39, 0.29) is 30.0 Å². The van der Waals surface area contributed by atoms with E-state index in [9.17, 15) is 19.2 Å². The van der Waals surface area contributed by atoms with Gasteiger partial charge in [-0.15, -0.1) is 0 Å². The van der Waals surface area contributed by atoms with Gasteiger partial charge in [-0.2, -0.15) is 0 Å². The van der Waals surface area contributed by atoms with Crippen LogP contribution in [0.2, 0.25) is 0 Å². The molecule has 194 valence electrons. The fourth-order valence-corrected chi connectivity index (χ4v) is 3.86. The highest BCUT2D eigenvalue weighted by molar-refractivity contribution is 6.39. The van der Waals surface area contributed by atoms with E-state index in [1.54, 1.807) is 25.1 Å². The van der Waals surface area contributed by atoms with E-state index in [1.807, 2.05) is 31.2 Å². The fourth-order valence-electron chi connectivity index (χ4n) is 3.86. The summed E-state index contributed by atoms with van der Waals surface area (Å²) in [4.78, 5) is 51.4. The average Bonchev–Trinajstić information content (AvgIpc) is 2.90. The Morgan fingerprint density at radius 3 is 2.45 bits per heavy atom. The molecule has 0 saturated carbocycles. The van der Waals surface area contributed by atoms with Gasteiger partial charge in [0, 0.05) is 11.6 Å². The number of ether oxygens (including phenoxy) is 3. The van der Waals surface area contributed by atoms with Gasteiger partial charge in [-0.05, 0) is 61.9 Å². The first-order valence-electron chi connectivity index (χ1n) is 11.9. The van der Waals surface area contributed by atoms with Crippen LogP contribution in [-0.2, 0) is 20.9 Å². The molecule has 3 aromatic carbocycles. The van der Waals surface area contributed by atoms with Crippen molar-refractivity contribution < 1.29 is 33.4 Å². The van der Waals surface area contributed by atoms with E-state index in [4.69, 9.17) is 14.2 Å². The third-order valence-electron chi connectivity index (χ3n) is 5.74. The van der Waals surface area contributed by atoms with Gasteiger partial charge in [0.25, 0.3) is 11.8 Å². The van der Waals surface area contributed by atoms with Crippen LogP contribution in [0.1, 0.15) is 34.0 Å². The molecule has 9 nitrogen and oxygen atoms in total. The third kappa shape index (κ3) is 5.73. The molecule has 1 heterocycles. The van der Waals surface area contributed by atoms with Crippen LogP contribution in [-0.4, -0.2) is 37.5 Å². The smallest absolute Gasteiger partial charge is 0.338 e. The molecule has 4 rings (SSSR count). The van der Waals surface area contributed by atoms with Crippen molar-refractivity contribution in [2.24, 2.45) is 0 Å². The lowest BCUT2D eigenvalue weighted by Gasteiger charge is -2.26. The Hall–Kier alpha value is -4.92. The lowest BCUT2D eigenvalue weighted by atomic mass is 10.1. The second-order valence-corrected chi connectivity index (χ2v) is 8.41. The highest BCUT2D eigenvalue weighted by Crippen LogP contribution is 2.30. The molecule has 1 aliphatic rings. The molecule has 1 aliphatic heterocycles. The van der Waals surface area contributed by atoms with Crippen molar-refractivity contribution in [1.82, 2.24) is 5.32 Å². The molecule has 4 amide bonds. The zero-order chi connectivity index (χ0) is 27.2. The van der Waals surface area contributed by atoms with Crippen LogP contribution in [0.15, 0.2) is 72.3 Å². The molecule has 0 unspecified atom stereocenters. The first kappa shape index (κ1) is 26.2. The number of nitrogens with zero attached hydrogens (tertiary/aromatic N) is 1. The normalized spacial score (nSPS) is 14.3. The lowest BCUT2D eigenvalue weighted by molar-refractivity contribution is -0.122. The zero-order valence-corrected chi connectivity index (χ0v) is 21.1. The molecule has 0 aliphatic carbocycles. The summed E-state index contributed by atoms with van der Waals surface area (Å²) in [6.07, 6.45) is 1.37. The molecule has 38 heavy (non-hydrogen) atoms. The minimum atomic E-state index is -0.897.